The minimum atomic E-state index is -2.61. The van der Waals surface area contributed by atoms with Crippen molar-refractivity contribution in [2.45, 2.75) is 13.3 Å². The zero-order valence-corrected chi connectivity index (χ0v) is 6.27. The Morgan fingerprint density at radius 2 is 2.22 bits per heavy atom. The first-order valence-corrected chi connectivity index (χ1v) is 3.55. The monoisotopic (exact) mass is 155 g/mol. The summed E-state index contributed by atoms with van der Waals surface area (Å²) in [6, 6.07) is 0. The predicted molar refractivity (Wildman–Crippen MR) is 30.9 cm³/mol. The van der Waals surface area contributed by atoms with E-state index >= 15 is 0 Å². The van der Waals surface area contributed by atoms with E-state index in [1.54, 1.807) is 0 Å². The van der Waals surface area contributed by atoms with E-state index in [2.05, 4.69) is 16.2 Å². The standard InChI is InChI=1S/C3H7O3P.H4N2/c1-2-3-6-7(4)5;1-2/h2-3H2,1H3;1-2H2/p+1. The second kappa shape index (κ2) is 10.8. The molecular formula is C3H12N2O3P+. The molecule has 0 amide bonds. The van der Waals surface area contributed by atoms with Crippen LogP contribution in [0.1, 0.15) is 13.3 Å². The molecule has 0 radical (unpaired) electrons. The van der Waals surface area contributed by atoms with E-state index in [1.807, 2.05) is 6.92 Å². The molecule has 6 heteroatoms. The number of hydrogen-bond acceptors (Lipinski definition) is 4. The topological polar surface area (TPSA) is 103 Å². The zero-order valence-electron chi connectivity index (χ0n) is 5.37. The third-order valence-corrected chi connectivity index (χ3v) is 0.794. The molecule has 0 heterocycles. The smallest absolute Gasteiger partial charge is 0.488 e. The second-order valence-corrected chi connectivity index (χ2v) is 1.76. The average molecular weight is 155 g/mol. The van der Waals surface area contributed by atoms with Crippen LogP contribution in [0.5, 0.6) is 0 Å². The Kier molecular flexibility index (Phi) is 14.1. The molecule has 0 aromatic rings. The van der Waals surface area contributed by atoms with Gasteiger partial charge in [0.25, 0.3) is 0 Å². The van der Waals surface area contributed by atoms with Crippen molar-refractivity contribution >= 4 is 8.25 Å². The molecule has 0 spiro atoms. The first kappa shape index (κ1) is 11.7. The van der Waals surface area contributed by atoms with Crippen molar-refractivity contribution in [2.75, 3.05) is 6.61 Å². The Morgan fingerprint density at radius 1 is 1.78 bits per heavy atom. The van der Waals surface area contributed by atoms with Crippen LogP contribution in [0, 0.1) is 0 Å². The fourth-order valence-electron chi connectivity index (χ4n) is 0.166. The molecule has 5 N–H and O–H groups in total. The van der Waals surface area contributed by atoms with Crippen molar-refractivity contribution in [3.05, 3.63) is 0 Å². The van der Waals surface area contributed by atoms with Crippen molar-refractivity contribution in [1.29, 1.82) is 0 Å². The highest BCUT2D eigenvalue weighted by Gasteiger charge is 1.95. The first-order valence-electron chi connectivity index (χ1n) is 2.45. The van der Waals surface area contributed by atoms with Crippen LogP contribution < -0.4 is 16.6 Å². The summed E-state index contributed by atoms with van der Waals surface area (Å²) in [5.41, 5.74) is 0. The third-order valence-electron chi connectivity index (χ3n) is 0.401. The predicted octanol–water partition coefficient (Wildman–Crippen LogP) is -1.47. The summed E-state index contributed by atoms with van der Waals surface area (Å²) in [7, 11) is -2.61. The fourth-order valence-corrected chi connectivity index (χ4v) is 0.497. The molecule has 1 unspecified atom stereocenters. The molecule has 0 fully saturated rings. The lowest BCUT2D eigenvalue weighted by atomic mass is 10.5. The Bertz CT molecular complexity index is 70.1. The van der Waals surface area contributed by atoms with Crippen LogP contribution in [-0.4, -0.2) is 6.61 Å². The Hall–Kier alpha value is -0.0600. The largest absolute Gasteiger partial charge is 0.566 e. The lowest BCUT2D eigenvalue weighted by Crippen LogP contribution is -2.59. The summed E-state index contributed by atoms with van der Waals surface area (Å²) in [6.45, 7) is 2.15. The van der Waals surface area contributed by atoms with Gasteiger partial charge in [0.1, 0.15) is 6.61 Å². The summed E-state index contributed by atoms with van der Waals surface area (Å²) in [5, 5.41) is 0. The van der Waals surface area contributed by atoms with Gasteiger partial charge in [-0.25, -0.2) is 0 Å². The molecule has 0 aliphatic carbocycles. The van der Waals surface area contributed by atoms with E-state index in [0.717, 1.165) is 6.42 Å². The molecular weight excluding hydrogens is 143 g/mol. The third kappa shape index (κ3) is 18.0. The molecule has 0 aromatic heterocycles. The molecule has 5 nitrogen and oxygen atoms in total. The summed E-state index contributed by atoms with van der Waals surface area (Å²) in [4.78, 5) is 9.57. The fraction of sp³-hybridized carbons (Fsp3) is 1.00. The molecule has 1 atom stereocenters. The van der Waals surface area contributed by atoms with Gasteiger partial charge in [0.2, 0.25) is 0 Å². The SMILES string of the molecule is CCCO[P+](=O)[O-].N[NH3+]. The van der Waals surface area contributed by atoms with Crippen molar-refractivity contribution in [3.63, 3.8) is 0 Å². The van der Waals surface area contributed by atoms with Crippen LogP contribution in [0.3, 0.4) is 0 Å². The van der Waals surface area contributed by atoms with Crippen molar-refractivity contribution in [2.24, 2.45) is 5.84 Å². The maximum Gasteiger partial charge on any atom is 0.488 e. The van der Waals surface area contributed by atoms with E-state index in [0.29, 0.717) is 6.61 Å². The van der Waals surface area contributed by atoms with Gasteiger partial charge < -0.3 is 4.89 Å². The van der Waals surface area contributed by atoms with Gasteiger partial charge in [-0.1, -0.05) is 6.92 Å². The quantitative estimate of drug-likeness (QED) is 0.295. The summed E-state index contributed by atoms with van der Waals surface area (Å²) < 4.78 is 13.7. The van der Waals surface area contributed by atoms with Gasteiger partial charge in [-0.15, -0.1) is 4.52 Å². The van der Waals surface area contributed by atoms with Gasteiger partial charge in [0.05, 0.1) is 0 Å². The maximum atomic E-state index is 9.57. The van der Waals surface area contributed by atoms with Gasteiger partial charge >= 0.3 is 8.25 Å². The normalized spacial score (nSPS) is 9.56. The van der Waals surface area contributed by atoms with E-state index in [1.165, 1.54) is 0 Å². The van der Waals surface area contributed by atoms with Crippen molar-refractivity contribution in [3.8, 4) is 0 Å². The van der Waals surface area contributed by atoms with E-state index in [9.17, 15) is 9.46 Å². The highest BCUT2D eigenvalue weighted by Crippen LogP contribution is 2.07. The maximum absolute atomic E-state index is 9.57. The average Bonchev–Trinajstić information content (AvgIpc) is 1.88. The summed E-state index contributed by atoms with van der Waals surface area (Å²) >= 11 is 0. The number of quaternary nitrogens is 1. The van der Waals surface area contributed by atoms with Crippen LogP contribution in [-0.2, 0) is 9.09 Å². The Balaban J connectivity index is 0. The van der Waals surface area contributed by atoms with E-state index in [-0.39, 0.29) is 0 Å². The molecule has 0 saturated heterocycles. The molecule has 0 aromatic carbocycles. The van der Waals surface area contributed by atoms with Gasteiger partial charge in [-0.2, -0.15) is 5.84 Å². The zero-order chi connectivity index (χ0) is 7.70. The lowest BCUT2D eigenvalue weighted by molar-refractivity contribution is -0.379. The second-order valence-electron chi connectivity index (χ2n) is 1.06. The van der Waals surface area contributed by atoms with Gasteiger partial charge in [0.15, 0.2) is 0 Å². The highest BCUT2D eigenvalue weighted by atomic mass is 31.1. The molecule has 56 valence electrons. The highest BCUT2D eigenvalue weighted by molar-refractivity contribution is 7.30. The summed E-state index contributed by atoms with van der Waals surface area (Å²) in [5.74, 6) is 7.00. The molecule has 0 aliphatic rings. The lowest BCUT2D eigenvalue weighted by Gasteiger charge is -1.83. The number of hydrogen-bond donors (Lipinski definition) is 2. The summed E-state index contributed by atoms with van der Waals surface area (Å²) in [6.07, 6.45) is 0.739. The van der Waals surface area contributed by atoms with Crippen LogP contribution in [0.25, 0.3) is 0 Å². The molecule has 0 aliphatic heterocycles. The van der Waals surface area contributed by atoms with E-state index < -0.39 is 8.25 Å². The van der Waals surface area contributed by atoms with Crippen LogP contribution in [0.2, 0.25) is 0 Å². The van der Waals surface area contributed by atoms with E-state index in [4.69, 9.17) is 0 Å². The number of nitrogens with two attached hydrogens (primary N) is 1. The molecule has 0 rings (SSSR count). The van der Waals surface area contributed by atoms with Gasteiger partial charge in [0, 0.05) is 0 Å². The number of rotatable bonds is 3. The van der Waals surface area contributed by atoms with Crippen LogP contribution in [0.15, 0.2) is 0 Å². The minimum Gasteiger partial charge on any atom is -0.566 e. The van der Waals surface area contributed by atoms with Crippen molar-refractivity contribution in [1.82, 2.24) is 0 Å². The Morgan fingerprint density at radius 3 is 2.33 bits per heavy atom. The van der Waals surface area contributed by atoms with Gasteiger partial charge in [-0.05, 0) is 11.0 Å². The molecule has 0 bridgehead atoms. The Labute approximate surface area is 54.9 Å². The van der Waals surface area contributed by atoms with Crippen molar-refractivity contribution < 1.29 is 19.8 Å². The van der Waals surface area contributed by atoms with Crippen LogP contribution in [0.4, 0.5) is 0 Å². The minimum absolute atomic E-state index is 0.304. The van der Waals surface area contributed by atoms with Gasteiger partial charge in [-0.3, -0.25) is 5.84 Å². The molecule has 0 saturated carbocycles. The van der Waals surface area contributed by atoms with Crippen LogP contribution >= 0.6 is 8.25 Å². The first-order chi connectivity index (χ1) is 4.27. The molecule has 9 heavy (non-hydrogen) atoms.